The van der Waals surface area contributed by atoms with Gasteiger partial charge in [0.25, 0.3) is 0 Å². The lowest BCUT2D eigenvalue weighted by atomic mass is 10.1. The van der Waals surface area contributed by atoms with Crippen molar-refractivity contribution < 1.29 is 4.39 Å². The Balaban J connectivity index is 2.11. The molecule has 0 radical (unpaired) electrons. The molecular formula is C16H16FN. The first-order valence-corrected chi connectivity index (χ1v) is 5.86. The second-order valence-electron chi connectivity index (χ2n) is 4.37. The van der Waals surface area contributed by atoms with Gasteiger partial charge in [-0.15, -0.1) is 0 Å². The number of rotatable bonds is 3. The first-order chi connectivity index (χ1) is 8.65. The minimum absolute atomic E-state index is 0.206. The Morgan fingerprint density at radius 1 is 0.778 bits per heavy atom. The van der Waals surface area contributed by atoms with Crippen molar-refractivity contribution in [3.8, 4) is 0 Å². The van der Waals surface area contributed by atoms with E-state index in [0.717, 1.165) is 11.1 Å². The van der Waals surface area contributed by atoms with Gasteiger partial charge in [0.1, 0.15) is 5.82 Å². The van der Waals surface area contributed by atoms with Gasteiger partial charge in [-0.1, -0.05) is 36.4 Å². The number of anilines is 1. The molecule has 0 saturated carbocycles. The fourth-order valence-electron chi connectivity index (χ4n) is 1.65. The molecule has 2 aromatic rings. The fraction of sp³-hybridized carbons (Fsp3) is 0.125. The highest BCUT2D eigenvalue weighted by atomic mass is 19.1. The monoisotopic (exact) mass is 241 g/mol. The quantitative estimate of drug-likeness (QED) is 0.732. The van der Waals surface area contributed by atoms with Crippen molar-refractivity contribution in [3.63, 3.8) is 0 Å². The fourth-order valence-corrected chi connectivity index (χ4v) is 1.65. The highest BCUT2D eigenvalue weighted by Crippen LogP contribution is 2.14. The molecule has 1 nitrogen and oxygen atoms in total. The molecule has 92 valence electrons. The normalized spacial score (nSPS) is 10.8. The molecular weight excluding hydrogens is 225 g/mol. The van der Waals surface area contributed by atoms with E-state index >= 15 is 0 Å². The summed E-state index contributed by atoms with van der Waals surface area (Å²) in [5.41, 5.74) is 3.30. The Bertz CT molecular complexity index is 524. The summed E-state index contributed by atoms with van der Waals surface area (Å²) in [7, 11) is 4.03. The van der Waals surface area contributed by atoms with Crippen molar-refractivity contribution in [2.45, 2.75) is 0 Å². The van der Waals surface area contributed by atoms with E-state index in [2.05, 4.69) is 29.2 Å². The highest BCUT2D eigenvalue weighted by Gasteiger charge is 1.94. The van der Waals surface area contributed by atoms with Gasteiger partial charge in [-0.2, -0.15) is 0 Å². The molecule has 0 spiro atoms. The lowest BCUT2D eigenvalue weighted by Crippen LogP contribution is -2.07. The Hall–Kier alpha value is -2.09. The zero-order valence-corrected chi connectivity index (χ0v) is 10.6. The molecule has 0 bridgehead atoms. The molecule has 0 heterocycles. The number of halogens is 1. The molecule has 0 unspecified atom stereocenters. The summed E-state index contributed by atoms with van der Waals surface area (Å²) in [6, 6.07) is 14.7. The third-order valence-electron chi connectivity index (χ3n) is 2.75. The maximum absolute atomic E-state index is 12.7. The van der Waals surface area contributed by atoms with Crippen LogP contribution in [0.2, 0.25) is 0 Å². The topological polar surface area (TPSA) is 3.24 Å². The second kappa shape index (κ2) is 5.50. The van der Waals surface area contributed by atoms with Crippen molar-refractivity contribution in [3.05, 3.63) is 65.5 Å². The smallest absolute Gasteiger partial charge is 0.123 e. The van der Waals surface area contributed by atoms with Crippen LogP contribution in [0.4, 0.5) is 10.1 Å². The summed E-state index contributed by atoms with van der Waals surface area (Å²) in [5, 5.41) is 0. The number of hydrogen-bond donors (Lipinski definition) is 0. The van der Waals surface area contributed by atoms with Gasteiger partial charge >= 0.3 is 0 Å². The molecule has 0 aliphatic carbocycles. The lowest BCUT2D eigenvalue weighted by molar-refractivity contribution is 0.628. The average molecular weight is 241 g/mol. The molecule has 0 aliphatic rings. The number of hydrogen-bond acceptors (Lipinski definition) is 1. The van der Waals surface area contributed by atoms with Crippen LogP contribution < -0.4 is 4.90 Å². The predicted octanol–water partition coefficient (Wildman–Crippen LogP) is 4.06. The van der Waals surface area contributed by atoms with E-state index in [-0.39, 0.29) is 5.82 Å². The molecule has 0 aromatic heterocycles. The van der Waals surface area contributed by atoms with Crippen LogP contribution in [0.3, 0.4) is 0 Å². The molecule has 0 N–H and O–H groups in total. The van der Waals surface area contributed by atoms with Gasteiger partial charge in [-0.3, -0.25) is 0 Å². The van der Waals surface area contributed by atoms with Crippen LogP contribution in [0.15, 0.2) is 48.5 Å². The van der Waals surface area contributed by atoms with Gasteiger partial charge in [0, 0.05) is 19.8 Å². The van der Waals surface area contributed by atoms with Crippen LogP contribution in [-0.4, -0.2) is 14.1 Å². The number of benzene rings is 2. The first-order valence-electron chi connectivity index (χ1n) is 5.86. The van der Waals surface area contributed by atoms with E-state index < -0.39 is 0 Å². The third kappa shape index (κ3) is 3.20. The van der Waals surface area contributed by atoms with Crippen LogP contribution in [0.5, 0.6) is 0 Å². The predicted molar refractivity (Wildman–Crippen MR) is 76.1 cm³/mol. The van der Waals surface area contributed by atoms with Crippen molar-refractivity contribution in [2.75, 3.05) is 19.0 Å². The third-order valence-corrected chi connectivity index (χ3v) is 2.75. The highest BCUT2D eigenvalue weighted by molar-refractivity contribution is 5.70. The molecule has 0 amide bonds. The molecule has 2 aromatic carbocycles. The maximum atomic E-state index is 12.7. The molecule has 2 rings (SSSR count). The Labute approximate surface area is 107 Å². The van der Waals surface area contributed by atoms with Gasteiger partial charge in [-0.25, -0.2) is 4.39 Å². The van der Waals surface area contributed by atoms with Gasteiger partial charge in [0.2, 0.25) is 0 Å². The van der Waals surface area contributed by atoms with E-state index in [9.17, 15) is 4.39 Å². The van der Waals surface area contributed by atoms with Gasteiger partial charge in [0.05, 0.1) is 0 Å². The summed E-state index contributed by atoms with van der Waals surface area (Å²) in [5.74, 6) is -0.206. The van der Waals surface area contributed by atoms with Crippen molar-refractivity contribution >= 4 is 17.8 Å². The minimum Gasteiger partial charge on any atom is -0.378 e. The van der Waals surface area contributed by atoms with Crippen molar-refractivity contribution in [2.24, 2.45) is 0 Å². The molecule has 18 heavy (non-hydrogen) atoms. The summed E-state index contributed by atoms with van der Waals surface area (Å²) < 4.78 is 12.7. The second-order valence-corrected chi connectivity index (χ2v) is 4.37. The van der Waals surface area contributed by atoms with Crippen molar-refractivity contribution in [1.29, 1.82) is 0 Å². The maximum Gasteiger partial charge on any atom is 0.123 e. The van der Waals surface area contributed by atoms with Gasteiger partial charge in [-0.05, 0) is 35.4 Å². The molecule has 0 fully saturated rings. The van der Waals surface area contributed by atoms with Crippen LogP contribution in [0, 0.1) is 5.82 Å². The summed E-state index contributed by atoms with van der Waals surface area (Å²) in [6.07, 6.45) is 4.00. The largest absolute Gasteiger partial charge is 0.378 e. The zero-order chi connectivity index (χ0) is 13.0. The van der Waals surface area contributed by atoms with E-state index in [1.807, 2.05) is 26.2 Å². The van der Waals surface area contributed by atoms with Gasteiger partial charge in [0.15, 0.2) is 0 Å². The van der Waals surface area contributed by atoms with Crippen LogP contribution in [-0.2, 0) is 0 Å². The standard InChI is InChI=1S/C16H16FN/c1-18(2)16-11-7-14(8-12-16)4-3-13-5-9-15(17)10-6-13/h3-12H,1-2H3/b4-3+. The zero-order valence-electron chi connectivity index (χ0n) is 10.6. The summed E-state index contributed by atoms with van der Waals surface area (Å²) >= 11 is 0. The lowest BCUT2D eigenvalue weighted by Gasteiger charge is -2.11. The van der Waals surface area contributed by atoms with Crippen LogP contribution in [0.1, 0.15) is 11.1 Å². The SMILES string of the molecule is CN(C)c1ccc(/C=C/c2ccc(F)cc2)cc1. The van der Waals surface area contributed by atoms with Crippen LogP contribution >= 0.6 is 0 Å². The van der Waals surface area contributed by atoms with E-state index in [0.29, 0.717) is 0 Å². The van der Waals surface area contributed by atoms with Crippen LogP contribution in [0.25, 0.3) is 12.2 Å². The Morgan fingerprint density at radius 3 is 1.67 bits per heavy atom. The van der Waals surface area contributed by atoms with E-state index in [1.54, 1.807) is 12.1 Å². The van der Waals surface area contributed by atoms with E-state index in [1.165, 1.54) is 17.8 Å². The number of nitrogens with zero attached hydrogens (tertiary/aromatic N) is 1. The first kappa shape index (κ1) is 12.4. The Kier molecular flexibility index (Phi) is 3.78. The van der Waals surface area contributed by atoms with Gasteiger partial charge < -0.3 is 4.90 Å². The molecule has 2 heteroatoms. The van der Waals surface area contributed by atoms with Crippen molar-refractivity contribution in [1.82, 2.24) is 0 Å². The summed E-state index contributed by atoms with van der Waals surface area (Å²) in [4.78, 5) is 2.06. The molecule has 0 atom stereocenters. The molecule has 0 saturated heterocycles. The Morgan fingerprint density at radius 2 is 1.22 bits per heavy atom. The average Bonchev–Trinajstić information content (AvgIpc) is 2.38. The minimum atomic E-state index is -0.206. The summed E-state index contributed by atoms with van der Waals surface area (Å²) in [6.45, 7) is 0. The molecule has 0 aliphatic heterocycles. The van der Waals surface area contributed by atoms with E-state index in [4.69, 9.17) is 0 Å².